The molecule has 13 nitrogen and oxygen atoms in total. The van der Waals surface area contributed by atoms with Crippen molar-refractivity contribution >= 4 is 46.5 Å². The first-order valence-electron chi connectivity index (χ1n) is 18.9. The van der Waals surface area contributed by atoms with Crippen molar-refractivity contribution in [3.8, 4) is 11.5 Å². The number of fused-ring (bicyclic) bond motifs is 6. The summed E-state index contributed by atoms with van der Waals surface area (Å²) in [6.07, 6.45) is 4.39. The van der Waals surface area contributed by atoms with Gasteiger partial charge < -0.3 is 43.2 Å². The van der Waals surface area contributed by atoms with Crippen LogP contribution in [-0.2, 0) is 19.1 Å². The maximum absolute atomic E-state index is 12.4. The predicted molar refractivity (Wildman–Crippen MR) is 197 cm³/mol. The summed E-state index contributed by atoms with van der Waals surface area (Å²) in [5, 5.41) is 0. The highest BCUT2D eigenvalue weighted by Gasteiger charge is 2.47. The lowest BCUT2D eigenvalue weighted by Crippen LogP contribution is -2.46. The second-order valence-corrected chi connectivity index (χ2v) is 14.6. The predicted octanol–water partition coefficient (Wildman–Crippen LogP) is 5.42. The quantitative estimate of drug-likeness (QED) is 0.331. The van der Waals surface area contributed by atoms with Crippen molar-refractivity contribution in [3.63, 3.8) is 0 Å². The number of piperazine rings is 1. The molecule has 0 saturated carbocycles. The molecule has 0 bridgehead atoms. The summed E-state index contributed by atoms with van der Waals surface area (Å²) in [6.45, 7) is 13.5. The molecular formula is C39H51N5O8. The summed E-state index contributed by atoms with van der Waals surface area (Å²) < 4.78 is 23.0. The smallest absolute Gasteiger partial charge is 0.415 e. The van der Waals surface area contributed by atoms with E-state index in [0.29, 0.717) is 38.9 Å². The maximum atomic E-state index is 12.4. The molecule has 280 valence electrons. The molecule has 0 aliphatic carbocycles. The summed E-state index contributed by atoms with van der Waals surface area (Å²) in [5.74, 6) is 1.68. The van der Waals surface area contributed by atoms with Gasteiger partial charge in [-0.2, -0.15) is 0 Å². The van der Waals surface area contributed by atoms with Crippen LogP contribution in [-0.4, -0.2) is 112 Å². The highest BCUT2D eigenvalue weighted by atomic mass is 16.6. The van der Waals surface area contributed by atoms with Gasteiger partial charge in [-0.25, -0.2) is 9.59 Å². The molecule has 4 atom stereocenters. The number of hydrogen-bond donors (Lipinski definition) is 0. The first-order chi connectivity index (χ1) is 25.2. The van der Waals surface area contributed by atoms with E-state index in [1.165, 1.54) is 19.3 Å². The number of cyclic esters (lactones) is 2. The number of rotatable bonds is 9. The Balaban J connectivity index is 0.000000162. The zero-order valence-corrected chi connectivity index (χ0v) is 30.6. The third kappa shape index (κ3) is 7.51. The van der Waals surface area contributed by atoms with Crippen LogP contribution in [0.5, 0.6) is 11.5 Å². The Morgan fingerprint density at radius 2 is 1.12 bits per heavy atom. The average Bonchev–Trinajstić information content (AvgIpc) is 3.68. The van der Waals surface area contributed by atoms with E-state index in [0.717, 1.165) is 80.1 Å². The van der Waals surface area contributed by atoms with E-state index in [1.807, 2.05) is 24.3 Å². The SMILES string of the molecule is CC(=O)CC[C@@H]1OC(=O)N2c3ccc(N4CCCCC4)cc3OC[C@@H]12.CCN1CCN(c2ccc3c(c2)OC[C@H]2[C@H](CCC(C)=O)OC(=O)N32)CC1. The van der Waals surface area contributed by atoms with Gasteiger partial charge in [0.05, 0.1) is 11.4 Å². The van der Waals surface area contributed by atoms with Crippen LogP contribution in [0.3, 0.4) is 0 Å². The number of Topliss-reactive ketones (excluding diaryl/α,β-unsaturated/α-hetero) is 2. The van der Waals surface area contributed by atoms with Gasteiger partial charge in [0, 0.05) is 75.6 Å². The van der Waals surface area contributed by atoms with Crippen LogP contribution in [0.1, 0.15) is 65.7 Å². The van der Waals surface area contributed by atoms with Gasteiger partial charge in [-0.15, -0.1) is 0 Å². The van der Waals surface area contributed by atoms with Gasteiger partial charge in [0.2, 0.25) is 0 Å². The fourth-order valence-corrected chi connectivity index (χ4v) is 8.10. The van der Waals surface area contributed by atoms with Gasteiger partial charge in [0.1, 0.15) is 60.6 Å². The lowest BCUT2D eigenvalue weighted by Gasteiger charge is -2.37. The Morgan fingerprint density at radius 1 is 0.654 bits per heavy atom. The highest BCUT2D eigenvalue weighted by Crippen LogP contribution is 2.43. The lowest BCUT2D eigenvalue weighted by atomic mass is 10.0. The number of carbonyl (C=O) groups is 4. The fraction of sp³-hybridized carbons (Fsp3) is 0.590. The van der Waals surface area contributed by atoms with Crippen LogP contribution in [0.25, 0.3) is 0 Å². The standard InChI is InChI=1S/C20H27N3O4.C19H24N2O4/c1-3-21-8-10-22(11-9-21)15-5-6-16-19(12-15)26-13-17-18(7-4-14(2)24)27-20(25)23(16)17;1-13(22)5-8-17-16-12-24-18-11-14(20-9-3-2-4-10-20)6-7-15(18)21(16)19(23)25-17/h5-6,12,17-18H,3-4,7-11,13H2,1-2H3;6-7,11,16-17H,2-5,8-10,12H2,1H3/t17-,18-;16-,17-/m00/s1. The second-order valence-electron chi connectivity index (χ2n) is 14.6. The van der Waals surface area contributed by atoms with Crippen molar-refractivity contribution < 1.29 is 38.1 Å². The van der Waals surface area contributed by atoms with E-state index in [-0.39, 0.29) is 48.0 Å². The third-order valence-electron chi connectivity index (χ3n) is 11.1. The molecule has 6 heterocycles. The minimum Gasteiger partial charge on any atom is -0.489 e. The van der Waals surface area contributed by atoms with Crippen molar-refractivity contribution in [2.45, 2.75) is 90.0 Å². The number of carbonyl (C=O) groups excluding carboxylic acids is 4. The summed E-state index contributed by atoms with van der Waals surface area (Å²) >= 11 is 0. The number of piperidine rings is 1. The first-order valence-corrected chi connectivity index (χ1v) is 18.9. The molecule has 8 rings (SSSR count). The van der Waals surface area contributed by atoms with Gasteiger partial charge in [0.25, 0.3) is 0 Å². The van der Waals surface area contributed by atoms with E-state index < -0.39 is 0 Å². The highest BCUT2D eigenvalue weighted by molar-refractivity contribution is 5.94. The zero-order chi connectivity index (χ0) is 36.4. The number of nitrogens with zero attached hydrogens (tertiary/aromatic N) is 5. The van der Waals surface area contributed by atoms with Gasteiger partial charge in [0.15, 0.2) is 0 Å². The topological polar surface area (TPSA) is 121 Å². The molecule has 13 heteroatoms. The number of ketones is 2. The van der Waals surface area contributed by atoms with Crippen molar-refractivity contribution in [3.05, 3.63) is 36.4 Å². The molecule has 0 aromatic heterocycles. The molecule has 0 spiro atoms. The van der Waals surface area contributed by atoms with E-state index in [4.69, 9.17) is 18.9 Å². The van der Waals surface area contributed by atoms with Crippen LogP contribution >= 0.6 is 0 Å². The molecule has 0 radical (unpaired) electrons. The molecule has 6 aliphatic heterocycles. The van der Waals surface area contributed by atoms with Gasteiger partial charge in [-0.3, -0.25) is 9.80 Å². The van der Waals surface area contributed by atoms with Crippen molar-refractivity contribution in [2.75, 3.05) is 78.6 Å². The summed E-state index contributed by atoms with van der Waals surface area (Å²) in [4.78, 5) is 57.9. The molecule has 0 N–H and O–H groups in total. The van der Waals surface area contributed by atoms with Crippen molar-refractivity contribution in [1.82, 2.24) is 4.90 Å². The van der Waals surface area contributed by atoms with Crippen LogP contribution in [0, 0.1) is 0 Å². The zero-order valence-electron chi connectivity index (χ0n) is 30.6. The molecule has 2 aromatic rings. The molecule has 4 saturated heterocycles. The number of hydrogen-bond acceptors (Lipinski definition) is 11. The Bertz CT molecular complexity index is 1650. The Hall–Kier alpha value is -4.52. The lowest BCUT2D eigenvalue weighted by molar-refractivity contribution is -0.118. The minimum atomic E-state index is -0.345. The van der Waals surface area contributed by atoms with E-state index >= 15 is 0 Å². The number of anilines is 4. The molecule has 0 unspecified atom stereocenters. The summed E-state index contributed by atoms with van der Waals surface area (Å²) in [7, 11) is 0. The molecule has 2 amide bonds. The number of benzene rings is 2. The summed E-state index contributed by atoms with van der Waals surface area (Å²) in [6, 6.07) is 11.8. The monoisotopic (exact) mass is 717 g/mol. The van der Waals surface area contributed by atoms with Gasteiger partial charge >= 0.3 is 12.2 Å². The van der Waals surface area contributed by atoms with Crippen molar-refractivity contribution in [2.24, 2.45) is 0 Å². The normalized spacial score (nSPS) is 25.0. The first kappa shape index (κ1) is 35.9. The molecular weight excluding hydrogens is 666 g/mol. The van der Waals surface area contributed by atoms with Crippen molar-refractivity contribution in [1.29, 1.82) is 0 Å². The Morgan fingerprint density at radius 3 is 1.56 bits per heavy atom. The number of amides is 2. The number of likely N-dealkylation sites (N-methyl/N-ethyl adjacent to an activating group) is 1. The van der Waals surface area contributed by atoms with Gasteiger partial charge in [-0.05, 0) is 76.8 Å². The number of ether oxygens (including phenoxy) is 4. The molecule has 4 fully saturated rings. The molecule has 2 aromatic carbocycles. The Labute approximate surface area is 305 Å². The van der Waals surface area contributed by atoms with Crippen LogP contribution in [0.2, 0.25) is 0 Å². The van der Waals surface area contributed by atoms with Crippen LogP contribution < -0.4 is 29.1 Å². The summed E-state index contributed by atoms with van der Waals surface area (Å²) in [5.41, 5.74) is 3.81. The van der Waals surface area contributed by atoms with E-state index in [1.54, 1.807) is 23.6 Å². The third-order valence-corrected chi connectivity index (χ3v) is 11.1. The average molecular weight is 718 g/mol. The van der Waals surface area contributed by atoms with E-state index in [2.05, 4.69) is 33.8 Å². The molecule has 52 heavy (non-hydrogen) atoms. The fourth-order valence-electron chi connectivity index (χ4n) is 8.10. The minimum absolute atomic E-state index is 0.106. The van der Waals surface area contributed by atoms with Gasteiger partial charge in [-0.1, -0.05) is 6.92 Å². The second kappa shape index (κ2) is 15.6. The molecule has 6 aliphatic rings. The Kier molecular flexibility index (Phi) is 10.8. The maximum Gasteiger partial charge on any atom is 0.415 e. The largest absolute Gasteiger partial charge is 0.489 e. The van der Waals surface area contributed by atoms with E-state index in [9.17, 15) is 19.2 Å². The van der Waals surface area contributed by atoms with Crippen LogP contribution in [0.4, 0.5) is 32.3 Å². The van der Waals surface area contributed by atoms with Crippen LogP contribution in [0.15, 0.2) is 36.4 Å².